The van der Waals surface area contributed by atoms with E-state index >= 15 is 0 Å². The third-order valence-electron chi connectivity index (χ3n) is 4.37. The van der Waals surface area contributed by atoms with Gasteiger partial charge in [-0.2, -0.15) is 0 Å². The van der Waals surface area contributed by atoms with Crippen LogP contribution in [0.2, 0.25) is 0 Å². The van der Waals surface area contributed by atoms with Crippen LogP contribution in [0, 0.1) is 0 Å². The van der Waals surface area contributed by atoms with Crippen molar-refractivity contribution in [3.63, 3.8) is 0 Å². The van der Waals surface area contributed by atoms with Crippen LogP contribution in [-0.2, 0) is 4.74 Å². The highest BCUT2D eigenvalue weighted by molar-refractivity contribution is 4.87. The zero-order valence-electron chi connectivity index (χ0n) is 13.9. The van der Waals surface area contributed by atoms with Gasteiger partial charge in [-0.15, -0.1) is 0 Å². The number of ether oxygens (including phenoxy) is 1. The Kier molecular flexibility index (Phi) is 11.1. The molecule has 4 N–H and O–H groups in total. The highest BCUT2D eigenvalue weighted by atomic mass is 16.5. The van der Waals surface area contributed by atoms with Crippen LogP contribution in [0.25, 0.3) is 0 Å². The van der Waals surface area contributed by atoms with Gasteiger partial charge < -0.3 is 20.9 Å². The van der Waals surface area contributed by atoms with Gasteiger partial charge >= 0.3 is 0 Å². The van der Waals surface area contributed by atoms with E-state index in [-0.39, 0.29) is 12.1 Å². The Morgan fingerprint density at radius 3 is 2.10 bits per heavy atom. The molecule has 0 aromatic carbocycles. The van der Waals surface area contributed by atoms with Crippen molar-refractivity contribution in [3.8, 4) is 0 Å². The second-order valence-corrected chi connectivity index (χ2v) is 6.41. The highest BCUT2D eigenvalue weighted by Gasteiger charge is 2.32. The second kappa shape index (κ2) is 12.4. The number of hydrogen-bond acceptors (Lipinski definition) is 4. The monoisotopic (exact) mass is 300 g/mol. The molecule has 3 atom stereocenters. The van der Waals surface area contributed by atoms with Gasteiger partial charge in [0, 0.05) is 6.54 Å². The van der Waals surface area contributed by atoms with E-state index in [0.717, 1.165) is 6.54 Å². The van der Waals surface area contributed by atoms with E-state index in [1.165, 1.54) is 64.2 Å². The number of unbranched alkanes of at least 4 members (excludes halogenated alkanes) is 9. The molecule has 1 aliphatic heterocycles. The summed E-state index contributed by atoms with van der Waals surface area (Å²) in [5, 5.41) is 13.1. The van der Waals surface area contributed by atoms with Crippen LogP contribution in [0.5, 0.6) is 0 Å². The first-order chi connectivity index (χ1) is 10.3. The summed E-state index contributed by atoms with van der Waals surface area (Å²) in [6.07, 6.45) is 13.0. The first-order valence-electron chi connectivity index (χ1n) is 9.01. The Labute approximate surface area is 130 Å². The van der Waals surface area contributed by atoms with Crippen molar-refractivity contribution in [2.75, 3.05) is 19.7 Å². The molecular weight excluding hydrogens is 264 g/mol. The van der Waals surface area contributed by atoms with Gasteiger partial charge in [0.2, 0.25) is 0 Å². The summed E-state index contributed by atoms with van der Waals surface area (Å²) in [6, 6.07) is -0.214. The lowest BCUT2D eigenvalue weighted by molar-refractivity contribution is 0.0419. The molecule has 1 heterocycles. The summed E-state index contributed by atoms with van der Waals surface area (Å²) in [5.41, 5.74) is 5.70. The topological polar surface area (TPSA) is 67.5 Å². The zero-order valence-corrected chi connectivity index (χ0v) is 13.9. The lowest BCUT2D eigenvalue weighted by Gasteiger charge is -2.15. The van der Waals surface area contributed by atoms with E-state index in [9.17, 15) is 5.11 Å². The van der Waals surface area contributed by atoms with Crippen molar-refractivity contribution in [2.45, 2.75) is 89.4 Å². The summed E-state index contributed by atoms with van der Waals surface area (Å²) >= 11 is 0. The Morgan fingerprint density at radius 1 is 1.00 bits per heavy atom. The third kappa shape index (κ3) is 8.77. The molecule has 0 aromatic rings. The third-order valence-corrected chi connectivity index (χ3v) is 4.37. The average Bonchev–Trinajstić information content (AvgIpc) is 2.80. The van der Waals surface area contributed by atoms with Crippen LogP contribution < -0.4 is 11.1 Å². The number of aliphatic hydroxyl groups excluding tert-OH is 1. The molecule has 126 valence electrons. The van der Waals surface area contributed by atoms with Crippen LogP contribution >= 0.6 is 0 Å². The van der Waals surface area contributed by atoms with Gasteiger partial charge in [-0.1, -0.05) is 64.7 Å². The van der Waals surface area contributed by atoms with Crippen LogP contribution in [0.3, 0.4) is 0 Å². The minimum Gasteiger partial charge on any atom is -0.389 e. The Balaban J connectivity index is 1.77. The Bertz CT molecular complexity index is 239. The minimum absolute atomic E-state index is 0.122. The minimum atomic E-state index is -0.509. The lowest BCUT2D eigenvalue weighted by Crippen LogP contribution is -2.41. The normalized spacial score (nSPS) is 25.6. The molecule has 0 saturated carbocycles. The average molecular weight is 300 g/mol. The van der Waals surface area contributed by atoms with Crippen molar-refractivity contribution < 1.29 is 9.84 Å². The van der Waals surface area contributed by atoms with Crippen molar-refractivity contribution in [1.29, 1.82) is 0 Å². The molecule has 0 aliphatic carbocycles. The fraction of sp³-hybridized carbons (Fsp3) is 1.00. The quantitative estimate of drug-likeness (QED) is 0.457. The van der Waals surface area contributed by atoms with Gasteiger partial charge in [-0.25, -0.2) is 0 Å². The zero-order chi connectivity index (χ0) is 15.3. The molecule has 4 heteroatoms. The summed E-state index contributed by atoms with van der Waals surface area (Å²) in [4.78, 5) is 0. The molecule has 1 rings (SSSR count). The lowest BCUT2D eigenvalue weighted by atomic mass is 10.1. The fourth-order valence-corrected chi connectivity index (χ4v) is 2.87. The predicted octanol–water partition coefficient (Wildman–Crippen LogP) is 2.58. The first kappa shape index (κ1) is 18.9. The maximum atomic E-state index is 9.74. The molecule has 4 nitrogen and oxygen atoms in total. The number of aliphatic hydroxyl groups is 1. The van der Waals surface area contributed by atoms with Gasteiger partial charge in [0.05, 0.1) is 24.9 Å². The van der Waals surface area contributed by atoms with E-state index in [1.54, 1.807) is 0 Å². The van der Waals surface area contributed by atoms with Gasteiger partial charge in [0.15, 0.2) is 0 Å². The predicted molar refractivity (Wildman–Crippen MR) is 88.4 cm³/mol. The molecule has 0 spiro atoms. The molecule has 0 radical (unpaired) electrons. The molecule has 0 unspecified atom stereocenters. The molecule has 0 bridgehead atoms. The second-order valence-electron chi connectivity index (χ2n) is 6.41. The highest BCUT2D eigenvalue weighted by Crippen LogP contribution is 2.12. The number of hydrogen-bond donors (Lipinski definition) is 3. The standard InChI is InChI=1S/C17H36N2O2/c1-2-3-4-5-6-7-8-9-10-11-12-19-13-16-17(20)15(18)14-21-16/h15-17,19-20H,2-14,18H2,1H3/t15-,16-,17+/m0/s1. The fourth-order valence-electron chi connectivity index (χ4n) is 2.87. The molecule has 0 aromatic heterocycles. The number of nitrogens with one attached hydrogen (secondary N) is 1. The van der Waals surface area contributed by atoms with E-state index < -0.39 is 6.10 Å². The van der Waals surface area contributed by atoms with Crippen LogP contribution in [0.1, 0.15) is 71.1 Å². The molecule has 0 amide bonds. The summed E-state index contributed by atoms with van der Waals surface area (Å²) in [6.45, 7) is 4.47. The van der Waals surface area contributed by atoms with Gasteiger partial charge in [0.25, 0.3) is 0 Å². The van der Waals surface area contributed by atoms with E-state index in [0.29, 0.717) is 13.2 Å². The van der Waals surface area contributed by atoms with Crippen molar-refractivity contribution in [2.24, 2.45) is 5.73 Å². The van der Waals surface area contributed by atoms with Crippen LogP contribution in [0.15, 0.2) is 0 Å². The summed E-state index contributed by atoms with van der Waals surface area (Å²) in [7, 11) is 0. The van der Waals surface area contributed by atoms with Gasteiger partial charge in [-0.05, 0) is 13.0 Å². The Morgan fingerprint density at radius 2 is 1.57 bits per heavy atom. The molecule has 1 fully saturated rings. The summed E-state index contributed by atoms with van der Waals surface area (Å²) < 4.78 is 5.44. The summed E-state index contributed by atoms with van der Waals surface area (Å²) in [5.74, 6) is 0. The van der Waals surface area contributed by atoms with Crippen LogP contribution in [0.4, 0.5) is 0 Å². The van der Waals surface area contributed by atoms with Gasteiger partial charge in [-0.3, -0.25) is 0 Å². The first-order valence-corrected chi connectivity index (χ1v) is 9.01. The Hall–Kier alpha value is -0.160. The molecule has 1 aliphatic rings. The van der Waals surface area contributed by atoms with E-state index in [4.69, 9.17) is 10.5 Å². The SMILES string of the molecule is CCCCCCCCCCCCNC[C@@H]1OC[C@H](N)[C@H]1O. The molecular formula is C17H36N2O2. The van der Waals surface area contributed by atoms with Crippen molar-refractivity contribution in [3.05, 3.63) is 0 Å². The van der Waals surface area contributed by atoms with Gasteiger partial charge in [0.1, 0.15) is 0 Å². The maximum Gasteiger partial charge on any atom is 0.0987 e. The number of nitrogens with two attached hydrogens (primary N) is 1. The van der Waals surface area contributed by atoms with E-state index in [2.05, 4.69) is 12.2 Å². The molecule has 21 heavy (non-hydrogen) atoms. The smallest absolute Gasteiger partial charge is 0.0987 e. The van der Waals surface area contributed by atoms with Crippen molar-refractivity contribution >= 4 is 0 Å². The number of rotatable bonds is 13. The van der Waals surface area contributed by atoms with Crippen LogP contribution in [-0.4, -0.2) is 43.1 Å². The largest absolute Gasteiger partial charge is 0.389 e. The molecule has 1 saturated heterocycles. The van der Waals surface area contributed by atoms with E-state index in [1.807, 2.05) is 0 Å². The maximum absolute atomic E-state index is 9.74. The van der Waals surface area contributed by atoms with Crippen molar-refractivity contribution in [1.82, 2.24) is 5.32 Å².